The van der Waals surface area contributed by atoms with Gasteiger partial charge in [0.15, 0.2) is 5.78 Å². The average molecular weight is 412 g/mol. The Morgan fingerprint density at radius 1 is 1.20 bits per heavy atom. The molecule has 0 fully saturated rings. The number of nitrogens with zero attached hydrogens (tertiary/aromatic N) is 1. The highest BCUT2D eigenvalue weighted by molar-refractivity contribution is 6.07. The summed E-state index contributed by atoms with van der Waals surface area (Å²) in [4.78, 5) is 42.9. The van der Waals surface area contributed by atoms with Crippen molar-refractivity contribution in [3.05, 3.63) is 65.0 Å². The smallest absolute Gasteiger partial charge is 0.355 e. The first kappa shape index (κ1) is 22.9. The molecule has 0 aliphatic carbocycles. The molecule has 0 radical (unpaired) electrons. The molecule has 1 aromatic heterocycles. The van der Waals surface area contributed by atoms with E-state index in [4.69, 9.17) is 9.47 Å². The van der Waals surface area contributed by atoms with Crippen molar-refractivity contribution in [2.45, 2.75) is 33.7 Å². The molecule has 0 spiro atoms. The van der Waals surface area contributed by atoms with Gasteiger partial charge in [-0.2, -0.15) is 0 Å². The fraction of sp³-hybridized carbons (Fsp3) is 0.348. The van der Waals surface area contributed by atoms with Crippen LogP contribution in [0.15, 0.2) is 36.9 Å². The molecular weight excluding hydrogens is 384 g/mol. The number of amides is 1. The zero-order valence-electron chi connectivity index (χ0n) is 18.1. The molecule has 0 saturated heterocycles. The number of esters is 1. The maximum Gasteiger partial charge on any atom is 0.355 e. The molecule has 7 heteroatoms. The fourth-order valence-electron chi connectivity index (χ4n) is 3.33. The third-order valence-electron chi connectivity index (χ3n) is 4.93. The SMILES string of the molecule is C=CCN(C(=O)c1ccc(OC)cc1)C(C)C(=O)c1c(C)[nH]c(C(=O)OCC)c1C. The van der Waals surface area contributed by atoms with Crippen LogP contribution in [0.5, 0.6) is 5.75 Å². The Morgan fingerprint density at radius 3 is 2.37 bits per heavy atom. The second-order valence-electron chi connectivity index (χ2n) is 6.86. The monoisotopic (exact) mass is 412 g/mol. The van der Waals surface area contributed by atoms with Crippen molar-refractivity contribution < 1.29 is 23.9 Å². The number of aromatic amines is 1. The van der Waals surface area contributed by atoms with E-state index in [9.17, 15) is 14.4 Å². The molecule has 7 nitrogen and oxygen atoms in total. The van der Waals surface area contributed by atoms with Crippen LogP contribution in [0, 0.1) is 13.8 Å². The molecule has 1 N–H and O–H groups in total. The van der Waals surface area contributed by atoms with Crippen molar-refractivity contribution in [2.24, 2.45) is 0 Å². The van der Waals surface area contributed by atoms with E-state index in [1.165, 1.54) is 4.90 Å². The maximum atomic E-state index is 13.3. The number of benzene rings is 1. The number of aryl methyl sites for hydroxylation is 1. The molecule has 30 heavy (non-hydrogen) atoms. The highest BCUT2D eigenvalue weighted by Crippen LogP contribution is 2.23. The Balaban J connectivity index is 2.36. The van der Waals surface area contributed by atoms with Gasteiger partial charge in [0, 0.05) is 23.4 Å². The fourth-order valence-corrected chi connectivity index (χ4v) is 3.33. The lowest BCUT2D eigenvalue weighted by Gasteiger charge is -2.27. The first-order valence-corrected chi connectivity index (χ1v) is 9.73. The van der Waals surface area contributed by atoms with Gasteiger partial charge in [-0.25, -0.2) is 4.79 Å². The van der Waals surface area contributed by atoms with Crippen LogP contribution in [0.3, 0.4) is 0 Å². The zero-order valence-corrected chi connectivity index (χ0v) is 18.1. The second-order valence-corrected chi connectivity index (χ2v) is 6.86. The van der Waals surface area contributed by atoms with Gasteiger partial charge >= 0.3 is 5.97 Å². The largest absolute Gasteiger partial charge is 0.497 e. The van der Waals surface area contributed by atoms with Crippen LogP contribution in [0.2, 0.25) is 0 Å². The number of carbonyl (C=O) groups excluding carboxylic acids is 3. The van der Waals surface area contributed by atoms with Gasteiger partial charge in [0.2, 0.25) is 0 Å². The number of methoxy groups -OCH3 is 1. The third-order valence-corrected chi connectivity index (χ3v) is 4.93. The number of ether oxygens (including phenoxy) is 2. The van der Waals surface area contributed by atoms with Gasteiger partial charge < -0.3 is 19.4 Å². The van der Waals surface area contributed by atoms with Crippen molar-refractivity contribution in [1.29, 1.82) is 0 Å². The van der Waals surface area contributed by atoms with E-state index < -0.39 is 12.0 Å². The summed E-state index contributed by atoms with van der Waals surface area (Å²) < 4.78 is 10.2. The summed E-state index contributed by atoms with van der Waals surface area (Å²) in [5, 5.41) is 0. The normalized spacial score (nSPS) is 11.5. The van der Waals surface area contributed by atoms with E-state index in [-0.39, 0.29) is 30.5 Å². The molecule has 1 atom stereocenters. The summed E-state index contributed by atoms with van der Waals surface area (Å²) in [5.41, 5.74) is 2.15. The Hall–Kier alpha value is -3.35. The predicted octanol–water partition coefficient (Wildman–Crippen LogP) is 3.72. The lowest BCUT2D eigenvalue weighted by atomic mass is 9.99. The van der Waals surface area contributed by atoms with Gasteiger partial charge in [-0.3, -0.25) is 9.59 Å². The lowest BCUT2D eigenvalue weighted by Crippen LogP contribution is -2.43. The highest BCUT2D eigenvalue weighted by atomic mass is 16.5. The summed E-state index contributed by atoms with van der Waals surface area (Å²) in [6.45, 7) is 10.9. The van der Waals surface area contributed by atoms with Crippen LogP contribution >= 0.6 is 0 Å². The van der Waals surface area contributed by atoms with E-state index in [0.717, 1.165) is 0 Å². The summed E-state index contributed by atoms with van der Waals surface area (Å²) in [5.74, 6) is -0.437. The van der Waals surface area contributed by atoms with Crippen LogP contribution < -0.4 is 4.74 Å². The quantitative estimate of drug-likeness (QED) is 0.385. The van der Waals surface area contributed by atoms with E-state index in [2.05, 4.69) is 11.6 Å². The molecule has 0 saturated carbocycles. The Morgan fingerprint density at radius 2 is 1.83 bits per heavy atom. The molecule has 0 aliphatic heterocycles. The van der Waals surface area contributed by atoms with Gasteiger partial charge in [0.25, 0.3) is 5.91 Å². The number of H-pyrrole nitrogens is 1. The summed E-state index contributed by atoms with van der Waals surface area (Å²) >= 11 is 0. The molecule has 1 unspecified atom stereocenters. The first-order valence-electron chi connectivity index (χ1n) is 9.73. The Bertz CT molecular complexity index is 943. The van der Waals surface area contributed by atoms with Crippen molar-refractivity contribution in [1.82, 2.24) is 9.88 Å². The minimum Gasteiger partial charge on any atom is -0.497 e. The van der Waals surface area contributed by atoms with Gasteiger partial charge in [0.05, 0.1) is 19.8 Å². The van der Waals surface area contributed by atoms with Crippen molar-refractivity contribution in [2.75, 3.05) is 20.3 Å². The molecular formula is C23H28N2O5. The zero-order chi connectivity index (χ0) is 22.4. The number of nitrogens with one attached hydrogen (secondary N) is 1. The predicted molar refractivity (Wildman–Crippen MR) is 114 cm³/mol. The summed E-state index contributed by atoms with van der Waals surface area (Å²) in [6.07, 6.45) is 1.58. The second kappa shape index (κ2) is 9.91. The first-order chi connectivity index (χ1) is 14.3. The molecule has 2 rings (SSSR count). The molecule has 0 bridgehead atoms. The Kier molecular flexibility index (Phi) is 7.58. The van der Waals surface area contributed by atoms with Gasteiger partial charge in [0.1, 0.15) is 11.4 Å². The van der Waals surface area contributed by atoms with Crippen LogP contribution in [0.1, 0.15) is 56.3 Å². The molecule has 0 aliphatic rings. The number of hydrogen-bond donors (Lipinski definition) is 1. The molecule has 1 heterocycles. The minimum atomic E-state index is -0.763. The molecule has 2 aromatic rings. The Labute approximate surface area is 176 Å². The van der Waals surface area contributed by atoms with Crippen LogP contribution in [-0.2, 0) is 4.74 Å². The van der Waals surface area contributed by atoms with Crippen molar-refractivity contribution in [3.63, 3.8) is 0 Å². The van der Waals surface area contributed by atoms with Gasteiger partial charge in [-0.05, 0) is 57.5 Å². The van der Waals surface area contributed by atoms with Gasteiger partial charge in [-0.15, -0.1) is 6.58 Å². The van der Waals surface area contributed by atoms with Crippen LogP contribution in [0.4, 0.5) is 0 Å². The number of ketones is 1. The lowest BCUT2D eigenvalue weighted by molar-refractivity contribution is 0.0519. The standard InChI is InChI=1S/C23H28N2O5/c1-7-13-25(22(27)17-9-11-18(29-6)12-10-17)16(5)21(26)19-14(3)20(24-15(19)4)23(28)30-8-2/h7,9-12,16,24H,1,8,13H2,2-6H3. The van der Waals surface area contributed by atoms with E-state index in [1.807, 2.05) is 0 Å². The van der Waals surface area contributed by atoms with Crippen molar-refractivity contribution in [3.8, 4) is 5.75 Å². The van der Waals surface area contributed by atoms with E-state index >= 15 is 0 Å². The molecule has 160 valence electrons. The molecule has 1 amide bonds. The maximum absolute atomic E-state index is 13.3. The van der Waals surface area contributed by atoms with Crippen molar-refractivity contribution >= 4 is 17.7 Å². The van der Waals surface area contributed by atoms with E-state index in [0.29, 0.717) is 28.1 Å². The number of hydrogen-bond acceptors (Lipinski definition) is 5. The highest BCUT2D eigenvalue weighted by Gasteiger charge is 2.31. The molecule has 1 aromatic carbocycles. The third kappa shape index (κ3) is 4.62. The topological polar surface area (TPSA) is 88.7 Å². The summed E-state index contributed by atoms with van der Waals surface area (Å²) in [7, 11) is 1.55. The summed E-state index contributed by atoms with van der Waals surface area (Å²) in [6, 6.07) is 5.93. The van der Waals surface area contributed by atoms with Crippen LogP contribution in [-0.4, -0.2) is 53.8 Å². The van der Waals surface area contributed by atoms with E-state index in [1.54, 1.807) is 65.1 Å². The number of carbonyl (C=O) groups is 3. The minimum absolute atomic E-state index is 0.199. The van der Waals surface area contributed by atoms with Crippen LogP contribution in [0.25, 0.3) is 0 Å². The number of rotatable bonds is 9. The average Bonchev–Trinajstić information content (AvgIpc) is 3.04. The number of aromatic nitrogens is 1. The van der Waals surface area contributed by atoms with Gasteiger partial charge in [-0.1, -0.05) is 6.08 Å². The number of Topliss-reactive ketones (excluding diaryl/α,β-unsaturated/α-hetero) is 1.